The molecule has 0 aliphatic heterocycles. The molecule has 0 heterocycles. The lowest BCUT2D eigenvalue weighted by atomic mass is 9.65. The van der Waals surface area contributed by atoms with Crippen LogP contribution in [0.2, 0.25) is 0 Å². The molecule has 2 fully saturated rings. The molecule has 16 heavy (non-hydrogen) atoms. The van der Waals surface area contributed by atoms with Crippen molar-refractivity contribution in [3.63, 3.8) is 0 Å². The summed E-state index contributed by atoms with van der Waals surface area (Å²) in [6.07, 6.45) is 5.59. The van der Waals surface area contributed by atoms with Crippen molar-refractivity contribution in [2.24, 2.45) is 35.5 Å². The number of allylic oxidation sites excluding steroid dienone is 1. The van der Waals surface area contributed by atoms with Gasteiger partial charge in [0.25, 0.3) is 0 Å². The molecule has 0 heteroatoms. The Hall–Kier alpha value is -0.260. The van der Waals surface area contributed by atoms with Crippen molar-refractivity contribution < 1.29 is 0 Å². The lowest BCUT2D eigenvalue weighted by molar-refractivity contribution is 0.132. The Morgan fingerprint density at radius 1 is 1.12 bits per heavy atom. The van der Waals surface area contributed by atoms with Gasteiger partial charge in [0.05, 0.1) is 0 Å². The molecule has 0 amide bonds. The molecule has 2 rings (SSSR count). The van der Waals surface area contributed by atoms with Crippen LogP contribution < -0.4 is 0 Å². The van der Waals surface area contributed by atoms with E-state index in [1.807, 2.05) is 0 Å². The van der Waals surface area contributed by atoms with Gasteiger partial charge in [0.2, 0.25) is 0 Å². The third-order valence-corrected chi connectivity index (χ3v) is 5.34. The van der Waals surface area contributed by atoms with Gasteiger partial charge >= 0.3 is 0 Å². The highest BCUT2D eigenvalue weighted by Crippen LogP contribution is 2.52. The van der Waals surface area contributed by atoms with Crippen molar-refractivity contribution in [2.45, 2.75) is 53.4 Å². The van der Waals surface area contributed by atoms with E-state index >= 15 is 0 Å². The van der Waals surface area contributed by atoms with E-state index in [2.05, 4.69) is 34.3 Å². The minimum atomic E-state index is 0.826. The second-order valence-corrected chi connectivity index (χ2v) is 6.93. The predicted octanol–water partition coefficient (Wildman–Crippen LogP) is 4.91. The maximum absolute atomic E-state index is 4.29. The molecule has 5 unspecified atom stereocenters. The zero-order valence-corrected chi connectivity index (χ0v) is 11.5. The van der Waals surface area contributed by atoms with Gasteiger partial charge in [-0.2, -0.15) is 0 Å². The second-order valence-electron chi connectivity index (χ2n) is 6.93. The quantitative estimate of drug-likeness (QED) is 0.580. The third-order valence-electron chi connectivity index (χ3n) is 5.34. The molecule has 5 atom stereocenters. The SMILES string of the molecule is C=C1CC2CC(C)CC2C(C(C)C(C)C)C1. The van der Waals surface area contributed by atoms with E-state index in [9.17, 15) is 0 Å². The molecule has 0 nitrogen and oxygen atoms in total. The van der Waals surface area contributed by atoms with Crippen LogP contribution in [0.3, 0.4) is 0 Å². The Kier molecular flexibility index (Phi) is 3.47. The fraction of sp³-hybridized carbons (Fsp3) is 0.875. The van der Waals surface area contributed by atoms with Gasteiger partial charge in [-0.25, -0.2) is 0 Å². The number of rotatable bonds is 2. The van der Waals surface area contributed by atoms with Gasteiger partial charge in [-0.05, 0) is 61.2 Å². The Morgan fingerprint density at radius 2 is 1.81 bits per heavy atom. The molecule has 0 radical (unpaired) electrons. The molecule has 0 bridgehead atoms. The highest BCUT2D eigenvalue weighted by Gasteiger charge is 2.42. The smallest absolute Gasteiger partial charge is 0.0289 e. The molecular weight excluding hydrogens is 192 g/mol. The van der Waals surface area contributed by atoms with Crippen molar-refractivity contribution >= 4 is 0 Å². The minimum absolute atomic E-state index is 0.826. The third kappa shape index (κ3) is 2.21. The fourth-order valence-electron chi connectivity index (χ4n) is 4.21. The van der Waals surface area contributed by atoms with Crippen LogP contribution >= 0.6 is 0 Å². The van der Waals surface area contributed by atoms with Gasteiger partial charge < -0.3 is 0 Å². The molecule has 0 N–H and O–H groups in total. The average molecular weight is 220 g/mol. The molecule has 2 saturated carbocycles. The van der Waals surface area contributed by atoms with Crippen molar-refractivity contribution in [1.82, 2.24) is 0 Å². The number of hydrogen-bond acceptors (Lipinski definition) is 0. The molecule has 92 valence electrons. The summed E-state index contributed by atoms with van der Waals surface area (Å²) >= 11 is 0. The van der Waals surface area contributed by atoms with E-state index < -0.39 is 0 Å². The standard InChI is InChI=1S/C16H28/c1-10(2)13(5)15-8-11(3)6-14-7-12(4)9-16(14)15/h10,12-16H,3,6-9H2,1-2,4-5H3. The van der Waals surface area contributed by atoms with Gasteiger partial charge in [0, 0.05) is 0 Å². The molecular formula is C16H28. The molecule has 0 saturated heterocycles. The van der Waals surface area contributed by atoms with Crippen LogP contribution in [0, 0.1) is 35.5 Å². The van der Waals surface area contributed by atoms with E-state index in [0.29, 0.717) is 0 Å². The fourth-order valence-corrected chi connectivity index (χ4v) is 4.21. The zero-order valence-electron chi connectivity index (χ0n) is 11.5. The molecule has 0 aromatic heterocycles. The summed E-state index contributed by atoms with van der Waals surface area (Å²) < 4.78 is 0. The van der Waals surface area contributed by atoms with Crippen LogP contribution in [-0.4, -0.2) is 0 Å². The van der Waals surface area contributed by atoms with Gasteiger partial charge in [0.1, 0.15) is 0 Å². The summed E-state index contributed by atoms with van der Waals surface area (Å²) in [5.41, 5.74) is 1.54. The normalized spacial score (nSPS) is 41.2. The molecule has 0 aromatic carbocycles. The topological polar surface area (TPSA) is 0 Å². The molecule has 2 aliphatic carbocycles. The van der Waals surface area contributed by atoms with E-state index in [1.165, 1.54) is 31.3 Å². The Bertz CT molecular complexity index is 263. The summed E-state index contributed by atoms with van der Waals surface area (Å²) in [6.45, 7) is 14.0. The van der Waals surface area contributed by atoms with Crippen molar-refractivity contribution in [2.75, 3.05) is 0 Å². The van der Waals surface area contributed by atoms with Gasteiger partial charge in [-0.1, -0.05) is 39.8 Å². The molecule has 2 aliphatic rings. The first-order chi connectivity index (χ1) is 7.49. The maximum Gasteiger partial charge on any atom is -0.0289 e. The number of fused-ring (bicyclic) bond motifs is 1. The highest BCUT2D eigenvalue weighted by atomic mass is 14.5. The van der Waals surface area contributed by atoms with E-state index in [-0.39, 0.29) is 0 Å². The molecule has 0 aromatic rings. The Morgan fingerprint density at radius 3 is 2.44 bits per heavy atom. The summed E-state index contributed by atoms with van der Waals surface area (Å²) in [5.74, 6) is 5.57. The van der Waals surface area contributed by atoms with E-state index in [4.69, 9.17) is 0 Å². The maximum atomic E-state index is 4.29. The van der Waals surface area contributed by atoms with Crippen molar-refractivity contribution in [3.05, 3.63) is 12.2 Å². The van der Waals surface area contributed by atoms with Gasteiger partial charge in [-0.3, -0.25) is 0 Å². The highest BCUT2D eigenvalue weighted by molar-refractivity contribution is 5.08. The van der Waals surface area contributed by atoms with E-state index in [1.54, 1.807) is 0 Å². The monoisotopic (exact) mass is 220 g/mol. The van der Waals surface area contributed by atoms with Crippen LogP contribution in [0.25, 0.3) is 0 Å². The lowest BCUT2D eigenvalue weighted by Crippen LogP contribution is -2.32. The summed E-state index contributed by atoms with van der Waals surface area (Å²) in [6, 6.07) is 0. The summed E-state index contributed by atoms with van der Waals surface area (Å²) in [4.78, 5) is 0. The largest absolute Gasteiger partial charge is 0.0998 e. The predicted molar refractivity (Wildman–Crippen MR) is 71.2 cm³/mol. The first-order valence-electron chi connectivity index (χ1n) is 7.15. The first-order valence-corrected chi connectivity index (χ1v) is 7.15. The molecule has 0 spiro atoms. The van der Waals surface area contributed by atoms with Crippen molar-refractivity contribution in [1.29, 1.82) is 0 Å². The van der Waals surface area contributed by atoms with Crippen LogP contribution in [0.1, 0.15) is 53.4 Å². The Labute approximate surface area is 102 Å². The summed E-state index contributed by atoms with van der Waals surface area (Å²) in [5, 5.41) is 0. The van der Waals surface area contributed by atoms with Crippen LogP contribution in [0.5, 0.6) is 0 Å². The van der Waals surface area contributed by atoms with Gasteiger partial charge in [0.15, 0.2) is 0 Å². The van der Waals surface area contributed by atoms with Crippen LogP contribution in [0.15, 0.2) is 12.2 Å². The van der Waals surface area contributed by atoms with Crippen LogP contribution in [-0.2, 0) is 0 Å². The Balaban J connectivity index is 2.13. The zero-order chi connectivity index (χ0) is 11.9. The second kappa shape index (κ2) is 4.55. The van der Waals surface area contributed by atoms with Crippen LogP contribution in [0.4, 0.5) is 0 Å². The van der Waals surface area contributed by atoms with E-state index in [0.717, 1.165) is 35.5 Å². The minimum Gasteiger partial charge on any atom is -0.0998 e. The lowest BCUT2D eigenvalue weighted by Gasteiger charge is -2.40. The average Bonchev–Trinajstić information content (AvgIpc) is 2.55. The van der Waals surface area contributed by atoms with Crippen molar-refractivity contribution in [3.8, 4) is 0 Å². The van der Waals surface area contributed by atoms with Gasteiger partial charge in [-0.15, -0.1) is 0 Å². The summed E-state index contributed by atoms with van der Waals surface area (Å²) in [7, 11) is 0. The number of hydrogen-bond donors (Lipinski definition) is 0. The first kappa shape index (κ1) is 12.2.